The van der Waals surface area contributed by atoms with Gasteiger partial charge in [0.1, 0.15) is 11.3 Å². The predicted molar refractivity (Wildman–Crippen MR) is 69.4 cm³/mol. The third-order valence-electron chi connectivity index (χ3n) is 1.76. The summed E-state index contributed by atoms with van der Waals surface area (Å²) in [4.78, 5) is 22.3. The molecule has 0 aliphatic carbocycles. The third-order valence-corrected chi connectivity index (χ3v) is 1.76. The average molecular weight is 274 g/mol. The first-order valence-corrected chi connectivity index (χ1v) is 5.69. The summed E-state index contributed by atoms with van der Waals surface area (Å²) < 4.78 is 9.44. The van der Waals surface area contributed by atoms with Crippen molar-refractivity contribution in [2.45, 2.75) is 26.4 Å². The molecule has 0 aliphatic heterocycles. The summed E-state index contributed by atoms with van der Waals surface area (Å²) in [5, 5.41) is 3.69. The first kappa shape index (κ1) is 17.0. The lowest BCUT2D eigenvalue weighted by atomic mass is 10.2. The molecule has 0 heterocycles. The van der Waals surface area contributed by atoms with Crippen LogP contribution in [0.25, 0.3) is 0 Å². The van der Waals surface area contributed by atoms with Gasteiger partial charge in [-0.2, -0.15) is 0 Å². The van der Waals surface area contributed by atoms with Gasteiger partial charge < -0.3 is 25.5 Å². The van der Waals surface area contributed by atoms with E-state index in [0.29, 0.717) is 0 Å². The molecule has 8 heteroatoms. The van der Waals surface area contributed by atoms with E-state index in [1.807, 2.05) is 0 Å². The first-order valence-electron chi connectivity index (χ1n) is 5.69. The Morgan fingerprint density at radius 2 is 1.95 bits per heavy atom. The van der Waals surface area contributed by atoms with Crippen molar-refractivity contribution in [3.8, 4) is 0 Å². The van der Waals surface area contributed by atoms with E-state index in [1.165, 1.54) is 18.3 Å². The Morgan fingerprint density at radius 3 is 2.42 bits per heavy atom. The maximum absolute atomic E-state index is 11.3. The zero-order valence-electron chi connectivity index (χ0n) is 11.7. The van der Waals surface area contributed by atoms with Gasteiger partial charge in [0.15, 0.2) is 0 Å². The van der Waals surface area contributed by atoms with Gasteiger partial charge >= 0.3 is 12.1 Å². The molecule has 0 saturated heterocycles. The van der Waals surface area contributed by atoms with E-state index >= 15 is 0 Å². The fourth-order valence-corrected chi connectivity index (χ4v) is 1.01. The smallest absolute Gasteiger partial charge is 0.407 e. The average Bonchev–Trinajstić information content (AvgIpc) is 2.25. The van der Waals surface area contributed by atoms with Crippen molar-refractivity contribution < 1.29 is 19.1 Å². The van der Waals surface area contributed by atoms with Gasteiger partial charge in [0.25, 0.3) is 0 Å². The topological polar surface area (TPSA) is 120 Å². The molecule has 0 aliphatic rings. The summed E-state index contributed by atoms with van der Waals surface area (Å²) in [6.45, 7) is 5.80. The van der Waals surface area contributed by atoms with Crippen LogP contribution >= 0.6 is 0 Å². The molecule has 0 rings (SSSR count). The van der Waals surface area contributed by atoms with Crippen molar-refractivity contribution in [3.63, 3.8) is 0 Å². The summed E-state index contributed by atoms with van der Waals surface area (Å²) in [6, 6.07) is 0. The Morgan fingerprint density at radius 1 is 1.37 bits per heavy atom. The molecular formula is C11H22N4O4. The minimum atomic E-state index is -0.671. The molecule has 0 spiro atoms. The van der Waals surface area contributed by atoms with Gasteiger partial charge in [-0.05, 0) is 20.8 Å². The molecule has 110 valence electrons. The number of rotatable bonds is 5. The molecule has 0 radical (unpaired) electrons. The summed E-state index contributed by atoms with van der Waals surface area (Å²) in [5.41, 5.74) is 4.72. The highest BCUT2D eigenvalue weighted by Gasteiger charge is 2.15. The second kappa shape index (κ2) is 7.47. The lowest BCUT2D eigenvalue weighted by Gasteiger charge is -2.20. The van der Waals surface area contributed by atoms with Gasteiger partial charge in [-0.3, -0.25) is 0 Å². The van der Waals surface area contributed by atoms with E-state index in [4.69, 9.17) is 16.3 Å². The van der Waals surface area contributed by atoms with Crippen LogP contribution in [-0.2, 0) is 14.3 Å². The number of hydrazine groups is 1. The fourth-order valence-electron chi connectivity index (χ4n) is 1.01. The van der Waals surface area contributed by atoms with Crippen LogP contribution in [0.2, 0.25) is 0 Å². The standard InChI is InChI=1S/C11H22N4O4/c1-11(2,3)19-10(17)14-5-6-15(13)7-8(12)9(16)18-4/h7H,5-6,12-13H2,1-4H3,(H,14,17)/b8-7-. The molecular weight excluding hydrogens is 252 g/mol. The molecule has 1 amide bonds. The number of alkyl carbamates (subject to hydrolysis) is 1. The second-order valence-corrected chi connectivity index (χ2v) is 4.74. The van der Waals surface area contributed by atoms with Gasteiger partial charge in [0.05, 0.1) is 13.7 Å². The van der Waals surface area contributed by atoms with Crippen molar-refractivity contribution in [3.05, 3.63) is 11.9 Å². The van der Waals surface area contributed by atoms with Crippen LogP contribution in [0.4, 0.5) is 4.79 Å². The van der Waals surface area contributed by atoms with Crippen LogP contribution in [0.15, 0.2) is 11.9 Å². The molecule has 0 saturated carbocycles. The fraction of sp³-hybridized carbons (Fsp3) is 0.636. The van der Waals surface area contributed by atoms with Gasteiger partial charge in [-0.15, -0.1) is 0 Å². The number of nitrogens with zero attached hydrogens (tertiary/aromatic N) is 1. The Labute approximate surface area is 112 Å². The summed E-state index contributed by atoms with van der Waals surface area (Å²) in [5.74, 6) is 4.89. The van der Waals surface area contributed by atoms with Crippen molar-refractivity contribution in [1.29, 1.82) is 0 Å². The monoisotopic (exact) mass is 274 g/mol. The highest BCUT2D eigenvalue weighted by Crippen LogP contribution is 2.06. The Kier molecular flexibility index (Phi) is 6.70. The Bertz CT molecular complexity index is 349. The van der Waals surface area contributed by atoms with Crippen LogP contribution in [0.5, 0.6) is 0 Å². The summed E-state index contributed by atoms with van der Waals surface area (Å²) in [6.07, 6.45) is 0.689. The van der Waals surface area contributed by atoms with Crippen molar-refractivity contribution >= 4 is 12.1 Å². The van der Waals surface area contributed by atoms with E-state index in [-0.39, 0.29) is 18.8 Å². The quantitative estimate of drug-likeness (QED) is 0.271. The van der Waals surface area contributed by atoms with E-state index in [0.717, 1.165) is 0 Å². The second-order valence-electron chi connectivity index (χ2n) is 4.74. The molecule has 0 unspecified atom stereocenters. The molecule has 5 N–H and O–H groups in total. The first-order chi connectivity index (χ1) is 8.65. The lowest BCUT2D eigenvalue weighted by Crippen LogP contribution is -2.39. The predicted octanol–water partition coefficient (Wildman–Crippen LogP) is -0.340. The SMILES string of the molecule is COC(=O)/C(N)=C/N(N)CCNC(=O)OC(C)(C)C. The van der Waals surface area contributed by atoms with Crippen LogP contribution < -0.4 is 16.9 Å². The maximum atomic E-state index is 11.3. The van der Waals surface area contributed by atoms with E-state index < -0.39 is 17.7 Å². The van der Waals surface area contributed by atoms with Crippen molar-refractivity contribution in [2.24, 2.45) is 11.6 Å². The van der Waals surface area contributed by atoms with Crippen LogP contribution in [0, 0.1) is 0 Å². The van der Waals surface area contributed by atoms with Crippen molar-refractivity contribution in [2.75, 3.05) is 20.2 Å². The highest BCUT2D eigenvalue weighted by atomic mass is 16.6. The summed E-state index contributed by atoms with van der Waals surface area (Å²) >= 11 is 0. The van der Waals surface area contributed by atoms with Crippen LogP contribution in [0.1, 0.15) is 20.8 Å². The number of carbonyl (C=O) groups excluding carboxylic acids is 2. The zero-order valence-corrected chi connectivity index (χ0v) is 11.7. The molecule has 0 aromatic heterocycles. The van der Waals surface area contributed by atoms with E-state index in [2.05, 4.69) is 10.1 Å². The number of carbonyl (C=O) groups is 2. The molecule has 0 aromatic rings. The number of nitrogens with one attached hydrogen (secondary N) is 1. The molecule has 0 bridgehead atoms. The van der Waals surface area contributed by atoms with Crippen LogP contribution in [0.3, 0.4) is 0 Å². The minimum absolute atomic E-state index is 0.123. The van der Waals surface area contributed by atoms with Crippen molar-refractivity contribution in [1.82, 2.24) is 10.3 Å². The maximum Gasteiger partial charge on any atom is 0.407 e. The van der Waals surface area contributed by atoms with Gasteiger partial charge in [-0.25, -0.2) is 15.4 Å². The van der Waals surface area contributed by atoms with Gasteiger partial charge in [0, 0.05) is 12.7 Å². The largest absolute Gasteiger partial charge is 0.464 e. The molecule has 19 heavy (non-hydrogen) atoms. The Balaban J connectivity index is 4.02. The van der Waals surface area contributed by atoms with Crippen LogP contribution in [-0.4, -0.2) is 42.9 Å². The van der Waals surface area contributed by atoms with E-state index in [9.17, 15) is 9.59 Å². The number of hydrogen-bond acceptors (Lipinski definition) is 7. The number of hydrogen-bond donors (Lipinski definition) is 3. The third kappa shape index (κ3) is 8.72. The molecule has 0 aromatic carbocycles. The van der Waals surface area contributed by atoms with Gasteiger partial charge in [-0.1, -0.05) is 0 Å². The number of methoxy groups -OCH3 is 1. The highest BCUT2D eigenvalue weighted by molar-refractivity contribution is 5.86. The summed E-state index contributed by atoms with van der Waals surface area (Å²) in [7, 11) is 1.22. The number of nitrogens with two attached hydrogens (primary N) is 2. The molecule has 0 atom stereocenters. The molecule has 8 nitrogen and oxygen atoms in total. The van der Waals surface area contributed by atoms with E-state index in [1.54, 1.807) is 20.8 Å². The minimum Gasteiger partial charge on any atom is -0.464 e. The number of ether oxygens (including phenoxy) is 2. The zero-order chi connectivity index (χ0) is 15.1. The van der Waals surface area contributed by atoms with Gasteiger partial charge in [0.2, 0.25) is 0 Å². The normalized spacial score (nSPS) is 11.7. The molecule has 0 fully saturated rings. The number of esters is 1. The lowest BCUT2D eigenvalue weighted by molar-refractivity contribution is -0.136. The number of amides is 1. The Hall–Kier alpha value is -1.96.